The molecule has 0 aliphatic rings. The predicted molar refractivity (Wildman–Crippen MR) is 127 cm³/mol. The first-order valence-corrected chi connectivity index (χ1v) is 11.4. The van der Waals surface area contributed by atoms with Gasteiger partial charge in [0.25, 0.3) is 0 Å². The van der Waals surface area contributed by atoms with Gasteiger partial charge in [-0.25, -0.2) is 9.19 Å². The van der Waals surface area contributed by atoms with E-state index in [9.17, 15) is 9.32 Å². The fraction of sp³-hybridized carbons (Fsp3) is 0.130. The summed E-state index contributed by atoms with van der Waals surface area (Å²) in [6.07, 6.45) is 1.58. The van der Waals surface area contributed by atoms with Gasteiger partial charge >= 0.3 is 0 Å². The molecule has 1 heterocycles. The third kappa shape index (κ3) is 6.06. The SMILES string of the molecule is C=S(N)(=O)c1ccc(Nc2ncc(C#Cc3ccc(C#N)cc3)c(N[C@H](C)CO)n2)cc1. The van der Waals surface area contributed by atoms with E-state index in [1.54, 1.807) is 54.7 Å². The van der Waals surface area contributed by atoms with E-state index >= 15 is 0 Å². The van der Waals surface area contributed by atoms with Crippen molar-refractivity contribution in [1.82, 2.24) is 9.97 Å². The maximum Gasteiger partial charge on any atom is 0.229 e. The van der Waals surface area contributed by atoms with E-state index in [1.807, 2.05) is 6.92 Å². The first kappa shape index (κ1) is 22.8. The quantitative estimate of drug-likeness (QED) is 0.337. The Morgan fingerprint density at radius 3 is 2.41 bits per heavy atom. The number of aliphatic hydroxyl groups is 1. The first-order chi connectivity index (χ1) is 15.3. The standard InChI is InChI=1S/C23H22N6O2S/c1-16(15-30)27-22-19(8-7-17-3-5-18(13-24)6-4-17)14-26-23(29-22)28-20-9-11-21(12-10-20)32(2,25)31/h3-6,9-12,14,16,30H,2,15H2,1H3,(H2,25,31)(H2,26,27,28,29)/t16-,32?/m1/s1. The number of hydrogen-bond donors (Lipinski definition) is 4. The van der Waals surface area contributed by atoms with Crippen molar-refractivity contribution in [3.05, 3.63) is 71.4 Å². The summed E-state index contributed by atoms with van der Waals surface area (Å²) in [5.74, 6) is 10.3. The van der Waals surface area contributed by atoms with Crippen LogP contribution >= 0.6 is 0 Å². The molecule has 0 amide bonds. The number of nitrogens with zero attached hydrogens (tertiary/aromatic N) is 3. The number of nitrogens with one attached hydrogen (secondary N) is 2. The van der Waals surface area contributed by atoms with Crippen LogP contribution in [0.2, 0.25) is 0 Å². The number of aromatic nitrogens is 2. The predicted octanol–water partition coefficient (Wildman–Crippen LogP) is 2.23. The first-order valence-electron chi connectivity index (χ1n) is 9.57. The largest absolute Gasteiger partial charge is 0.394 e. The number of aliphatic hydroxyl groups excluding tert-OH is 1. The van der Waals surface area contributed by atoms with Gasteiger partial charge in [0.15, 0.2) is 0 Å². The van der Waals surface area contributed by atoms with Crippen LogP contribution in [0.4, 0.5) is 17.5 Å². The highest BCUT2D eigenvalue weighted by atomic mass is 32.2. The molecule has 0 aliphatic carbocycles. The average Bonchev–Trinajstić information content (AvgIpc) is 2.78. The molecule has 1 aromatic heterocycles. The molecule has 0 aliphatic heterocycles. The van der Waals surface area contributed by atoms with Gasteiger partial charge in [-0.3, -0.25) is 5.14 Å². The minimum Gasteiger partial charge on any atom is -0.394 e. The zero-order valence-corrected chi connectivity index (χ0v) is 18.2. The zero-order chi connectivity index (χ0) is 23.1. The van der Waals surface area contributed by atoms with E-state index < -0.39 is 9.71 Å². The summed E-state index contributed by atoms with van der Waals surface area (Å²) in [6, 6.07) is 15.4. The molecule has 0 spiro atoms. The lowest BCUT2D eigenvalue weighted by Crippen LogP contribution is -2.21. The third-order valence-corrected chi connectivity index (χ3v) is 5.38. The van der Waals surface area contributed by atoms with Gasteiger partial charge in [-0.1, -0.05) is 11.8 Å². The highest BCUT2D eigenvalue weighted by Gasteiger charge is 2.10. The van der Waals surface area contributed by atoms with E-state index in [2.05, 4.69) is 44.4 Å². The Morgan fingerprint density at radius 2 is 1.81 bits per heavy atom. The molecule has 2 atom stereocenters. The van der Waals surface area contributed by atoms with Crippen LogP contribution in [0.3, 0.4) is 0 Å². The van der Waals surface area contributed by atoms with Crippen LogP contribution in [0.1, 0.15) is 23.6 Å². The Hall–Kier alpha value is -3.89. The van der Waals surface area contributed by atoms with Gasteiger partial charge in [0, 0.05) is 22.2 Å². The lowest BCUT2D eigenvalue weighted by Gasteiger charge is -2.14. The van der Waals surface area contributed by atoms with Crippen LogP contribution in [-0.4, -0.2) is 37.8 Å². The molecule has 0 saturated heterocycles. The number of anilines is 3. The van der Waals surface area contributed by atoms with E-state index in [-0.39, 0.29) is 12.6 Å². The van der Waals surface area contributed by atoms with Gasteiger partial charge in [-0.15, -0.1) is 0 Å². The number of nitriles is 1. The van der Waals surface area contributed by atoms with Gasteiger partial charge in [-0.05, 0) is 61.3 Å². The Kier molecular flexibility index (Phi) is 7.08. The van der Waals surface area contributed by atoms with Gasteiger partial charge in [0.2, 0.25) is 5.95 Å². The second-order valence-corrected chi connectivity index (χ2v) is 8.92. The van der Waals surface area contributed by atoms with Crippen LogP contribution < -0.4 is 15.8 Å². The molecule has 0 saturated carbocycles. The molecule has 32 heavy (non-hydrogen) atoms. The van der Waals surface area contributed by atoms with Crippen molar-refractivity contribution in [2.45, 2.75) is 17.9 Å². The van der Waals surface area contributed by atoms with Crippen molar-refractivity contribution >= 4 is 33.0 Å². The lowest BCUT2D eigenvalue weighted by molar-refractivity contribution is 0.281. The molecular weight excluding hydrogens is 424 g/mol. The molecular formula is C23H22N6O2S. The average molecular weight is 447 g/mol. The summed E-state index contributed by atoms with van der Waals surface area (Å²) >= 11 is 0. The monoisotopic (exact) mass is 446 g/mol. The summed E-state index contributed by atoms with van der Waals surface area (Å²) < 4.78 is 11.8. The minimum absolute atomic E-state index is 0.0832. The summed E-state index contributed by atoms with van der Waals surface area (Å²) in [5.41, 5.74) is 2.53. The number of benzene rings is 2. The molecule has 0 radical (unpaired) electrons. The molecule has 3 aromatic rings. The molecule has 9 heteroatoms. The van der Waals surface area contributed by atoms with Crippen LogP contribution in [0.15, 0.2) is 59.6 Å². The zero-order valence-electron chi connectivity index (χ0n) is 17.4. The summed E-state index contributed by atoms with van der Waals surface area (Å²) in [5, 5.41) is 30.1. The van der Waals surface area contributed by atoms with Crippen molar-refractivity contribution in [1.29, 1.82) is 5.26 Å². The molecule has 0 fully saturated rings. The molecule has 5 N–H and O–H groups in total. The summed E-state index contributed by atoms with van der Waals surface area (Å²) in [4.78, 5) is 9.24. The van der Waals surface area contributed by atoms with E-state index in [0.29, 0.717) is 33.5 Å². The molecule has 2 aromatic carbocycles. The van der Waals surface area contributed by atoms with E-state index in [0.717, 1.165) is 5.56 Å². The highest BCUT2D eigenvalue weighted by molar-refractivity contribution is 7.98. The Morgan fingerprint density at radius 1 is 1.16 bits per heavy atom. The van der Waals surface area contributed by atoms with Crippen LogP contribution in [0.25, 0.3) is 0 Å². The Labute approximate surface area is 187 Å². The summed E-state index contributed by atoms with van der Waals surface area (Å²) in [7, 11) is -2.78. The highest BCUT2D eigenvalue weighted by Crippen LogP contribution is 2.19. The van der Waals surface area contributed by atoms with Crippen molar-refractivity contribution in [2.24, 2.45) is 5.14 Å². The number of rotatable bonds is 6. The Bertz CT molecular complexity index is 1300. The fourth-order valence-corrected chi connectivity index (χ4v) is 3.18. The summed E-state index contributed by atoms with van der Waals surface area (Å²) in [6.45, 7) is 1.73. The lowest BCUT2D eigenvalue weighted by atomic mass is 10.1. The maximum absolute atomic E-state index is 11.8. The molecule has 162 valence electrons. The van der Waals surface area contributed by atoms with Crippen LogP contribution in [0.5, 0.6) is 0 Å². The Balaban J connectivity index is 1.87. The van der Waals surface area contributed by atoms with Gasteiger partial charge < -0.3 is 15.7 Å². The van der Waals surface area contributed by atoms with Gasteiger partial charge in [0.05, 0.1) is 39.7 Å². The number of hydrogen-bond acceptors (Lipinski definition) is 7. The minimum atomic E-state index is -2.78. The molecule has 1 unspecified atom stereocenters. The van der Waals surface area contributed by atoms with Crippen molar-refractivity contribution < 1.29 is 9.32 Å². The maximum atomic E-state index is 11.8. The topological polar surface area (TPSA) is 137 Å². The van der Waals surface area contributed by atoms with Crippen molar-refractivity contribution in [3.8, 4) is 17.9 Å². The van der Waals surface area contributed by atoms with Crippen molar-refractivity contribution in [2.75, 3.05) is 17.2 Å². The van der Waals surface area contributed by atoms with Crippen molar-refractivity contribution in [3.63, 3.8) is 0 Å². The van der Waals surface area contributed by atoms with E-state index in [4.69, 9.17) is 10.4 Å². The third-order valence-electron chi connectivity index (χ3n) is 4.31. The fourth-order valence-electron chi connectivity index (χ4n) is 2.59. The van der Waals surface area contributed by atoms with E-state index in [1.165, 1.54) is 0 Å². The van der Waals surface area contributed by atoms with Crippen LogP contribution in [0, 0.1) is 23.2 Å². The normalized spacial score (nSPS) is 13.1. The smallest absolute Gasteiger partial charge is 0.229 e. The van der Waals surface area contributed by atoms with Crippen LogP contribution in [-0.2, 0) is 9.71 Å². The second-order valence-electron chi connectivity index (χ2n) is 7.00. The molecule has 0 bridgehead atoms. The molecule has 3 rings (SSSR count). The van der Waals surface area contributed by atoms with Gasteiger partial charge in [0.1, 0.15) is 5.82 Å². The molecule has 8 nitrogen and oxygen atoms in total. The van der Waals surface area contributed by atoms with Gasteiger partial charge in [-0.2, -0.15) is 10.2 Å². The second kappa shape index (κ2) is 9.94. The number of nitrogens with two attached hydrogens (primary N) is 1.